The third-order valence-corrected chi connectivity index (χ3v) is 2.43. The molecule has 1 nitrogen and oxygen atoms in total. The minimum atomic E-state index is -1.19. The predicted molar refractivity (Wildman–Crippen MR) is 36.0 cm³/mol. The van der Waals surface area contributed by atoms with E-state index in [9.17, 15) is 4.39 Å². The number of hydrogen-bond acceptors (Lipinski definition) is 1. The molecule has 0 bridgehead atoms. The maximum absolute atomic E-state index is 13.1. The van der Waals surface area contributed by atoms with Gasteiger partial charge in [-0.1, -0.05) is 0 Å². The van der Waals surface area contributed by atoms with Crippen LogP contribution in [0.25, 0.3) is 0 Å². The van der Waals surface area contributed by atoms with Gasteiger partial charge in [0.1, 0.15) is 5.67 Å². The maximum atomic E-state index is 13.1. The van der Waals surface area contributed by atoms with Crippen molar-refractivity contribution in [2.24, 2.45) is 5.73 Å². The van der Waals surface area contributed by atoms with Crippen LogP contribution in [0, 0.1) is 0 Å². The Morgan fingerprint density at radius 1 is 1.44 bits per heavy atom. The number of alkyl halides is 1. The normalized spacial score (nSPS) is 25.3. The molecular weight excluding hydrogens is 117 g/mol. The standard InChI is InChI=1S/C7H14FN/c1-6(2,8)7(9)4-3-5-7/h3-5,9H2,1-2H3. The molecule has 0 unspecified atom stereocenters. The Morgan fingerprint density at radius 3 is 1.89 bits per heavy atom. The fourth-order valence-corrected chi connectivity index (χ4v) is 1.15. The van der Waals surface area contributed by atoms with Gasteiger partial charge in [0.05, 0.1) is 0 Å². The van der Waals surface area contributed by atoms with E-state index in [1.165, 1.54) is 0 Å². The second-order valence-corrected chi connectivity index (χ2v) is 3.48. The molecule has 1 aliphatic carbocycles. The van der Waals surface area contributed by atoms with E-state index in [-0.39, 0.29) is 0 Å². The van der Waals surface area contributed by atoms with Crippen molar-refractivity contribution < 1.29 is 4.39 Å². The van der Waals surface area contributed by atoms with Crippen LogP contribution < -0.4 is 5.73 Å². The lowest BCUT2D eigenvalue weighted by atomic mass is 9.68. The minimum Gasteiger partial charge on any atom is -0.322 e. The molecule has 0 aromatic rings. The molecule has 0 aliphatic heterocycles. The van der Waals surface area contributed by atoms with Gasteiger partial charge in [-0.25, -0.2) is 4.39 Å². The third-order valence-electron chi connectivity index (χ3n) is 2.43. The largest absolute Gasteiger partial charge is 0.322 e. The quantitative estimate of drug-likeness (QED) is 0.575. The van der Waals surface area contributed by atoms with Crippen LogP contribution in [0.2, 0.25) is 0 Å². The fourth-order valence-electron chi connectivity index (χ4n) is 1.15. The summed E-state index contributed by atoms with van der Waals surface area (Å²) >= 11 is 0. The molecule has 1 aliphatic rings. The van der Waals surface area contributed by atoms with Gasteiger partial charge in [-0.05, 0) is 33.1 Å². The van der Waals surface area contributed by atoms with Gasteiger partial charge < -0.3 is 5.73 Å². The zero-order valence-electron chi connectivity index (χ0n) is 6.08. The van der Waals surface area contributed by atoms with Crippen LogP contribution in [-0.2, 0) is 0 Å². The van der Waals surface area contributed by atoms with Crippen LogP contribution in [0.1, 0.15) is 33.1 Å². The smallest absolute Gasteiger partial charge is 0.123 e. The molecule has 0 aromatic heterocycles. The van der Waals surface area contributed by atoms with Crippen LogP contribution in [0.5, 0.6) is 0 Å². The Hall–Kier alpha value is -0.110. The van der Waals surface area contributed by atoms with E-state index in [0.717, 1.165) is 19.3 Å². The highest BCUT2D eigenvalue weighted by molar-refractivity contribution is 5.04. The van der Waals surface area contributed by atoms with Crippen molar-refractivity contribution >= 4 is 0 Å². The minimum absolute atomic E-state index is 0.507. The number of hydrogen-bond donors (Lipinski definition) is 1. The van der Waals surface area contributed by atoms with Crippen molar-refractivity contribution in [3.8, 4) is 0 Å². The lowest BCUT2D eigenvalue weighted by Crippen LogP contribution is -2.59. The van der Waals surface area contributed by atoms with E-state index < -0.39 is 11.2 Å². The Bertz CT molecular complexity index is 111. The van der Waals surface area contributed by atoms with E-state index in [1.807, 2.05) is 0 Å². The van der Waals surface area contributed by atoms with Gasteiger partial charge >= 0.3 is 0 Å². The van der Waals surface area contributed by atoms with E-state index in [1.54, 1.807) is 13.8 Å². The number of nitrogens with two attached hydrogens (primary N) is 1. The van der Waals surface area contributed by atoms with Crippen LogP contribution in [-0.4, -0.2) is 11.2 Å². The summed E-state index contributed by atoms with van der Waals surface area (Å²) in [7, 11) is 0. The van der Waals surface area contributed by atoms with Gasteiger partial charge in [-0.3, -0.25) is 0 Å². The first-order valence-corrected chi connectivity index (χ1v) is 3.43. The summed E-state index contributed by atoms with van der Waals surface area (Å²) in [5.41, 5.74) is 4.01. The van der Waals surface area contributed by atoms with Crippen molar-refractivity contribution in [1.29, 1.82) is 0 Å². The molecule has 0 radical (unpaired) electrons. The molecule has 9 heavy (non-hydrogen) atoms. The second-order valence-electron chi connectivity index (χ2n) is 3.48. The molecule has 0 saturated heterocycles. The van der Waals surface area contributed by atoms with Crippen molar-refractivity contribution in [3.63, 3.8) is 0 Å². The Kier molecular flexibility index (Phi) is 1.31. The first-order valence-electron chi connectivity index (χ1n) is 3.43. The van der Waals surface area contributed by atoms with Gasteiger partial charge in [0.25, 0.3) is 0 Å². The van der Waals surface area contributed by atoms with Gasteiger partial charge in [0, 0.05) is 5.54 Å². The summed E-state index contributed by atoms with van der Waals surface area (Å²) in [5, 5.41) is 0. The summed E-state index contributed by atoms with van der Waals surface area (Å²) < 4.78 is 13.1. The predicted octanol–water partition coefficient (Wildman–Crippen LogP) is 1.62. The molecule has 2 heteroatoms. The zero-order chi connectivity index (χ0) is 7.12. The molecule has 1 saturated carbocycles. The number of rotatable bonds is 1. The summed E-state index contributed by atoms with van der Waals surface area (Å²) in [6, 6.07) is 0. The van der Waals surface area contributed by atoms with Gasteiger partial charge in [-0.15, -0.1) is 0 Å². The molecule has 0 spiro atoms. The second kappa shape index (κ2) is 1.69. The topological polar surface area (TPSA) is 26.0 Å². The fraction of sp³-hybridized carbons (Fsp3) is 1.00. The monoisotopic (exact) mass is 131 g/mol. The molecule has 0 amide bonds. The van der Waals surface area contributed by atoms with Gasteiger partial charge in [-0.2, -0.15) is 0 Å². The van der Waals surface area contributed by atoms with E-state index >= 15 is 0 Å². The summed E-state index contributed by atoms with van der Waals surface area (Å²) in [6.07, 6.45) is 2.77. The van der Waals surface area contributed by atoms with E-state index in [0.29, 0.717) is 0 Å². The molecule has 2 N–H and O–H groups in total. The van der Waals surface area contributed by atoms with Crippen molar-refractivity contribution in [3.05, 3.63) is 0 Å². The SMILES string of the molecule is CC(C)(F)C1(N)CCC1. The van der Waals surface area contributed by atoms with Crippen LogP contribution in [0.3, 0.4) is 0 Å². The van der Waals surface area contributed by atoms with E-state index in [2.05, 4.69) is 0 Å². The van der Waals surface area contributed by atoms with Crippen LogP contribution >= 0.6 is 0 Å². The van der Waals surface area contributed by atoms with Gasteiger partial charge in [0.15, 0.2) is 0 Å². The van der Waals surface area contributed by atoms with Crippen LogP contribution in [0.4, 0.5) is 4.39 Å². The Labute approximate surface area is 55.4 Å². The first kappa shape index (κ1) is 7.00. The Balaban J connectivity index is 2.59. The molecule has 0 atom stereocenters. The molecule has 1 rings (SSSR count). The van der Waals surface area contributed by atoms with Crippen molar-refractivity contribution in [2.45, 2.75) is 44.3 Å². The summed E-state index contributed by atoms with van der Waals surface area (Å²) in [6.45, 7) is 3.12. The lowest BCUT2D eigenvalue weighted by molar-refractivity contribution is 0.0346. The first-order chi connectivity index (χ1) is 3.96. The van der Waals surface area contributed by atoms with Crippen molar-refractivity contribution in [1.82, 2.24) is 0 Å². The molecular formula is C7H14FN. The molecule has 0 heterocycles. The Morgan fingerprint density at radius 2 is 1.89 bits per heavy atom. The maximum Gasteiger partial charge on any atom is 0.123 e. The highest BCUT2D eigenvalue weighted by atomic mass is 19.1. The van der Waals surface area contributed by atoms with E-state index in [4.69, 9.17) is 5.73 Å². The molecule has 0 aromatic carbocycles. The average Bonchev–Trinajstić information content (AvgIpc) is 1.57. The zero-order valence-corrected chi connectivity index (χ0v) is 6.08. The highest BCUT2D eigenvalue weighted by Gasteiger charge is 2.46. The third kappa shape index (κ3) is 0.960. The molecule has 1 fully saturated rings. The highest BCUT2D eigenvalue weighted by Crippen LogP contribution is 2.40. The molecule has 54 valence electrons. The van der Waals surface area contributed by atoms with Gasteiger partial charge in [0.2, 0.25) is 0 Å². The average molecular weight is 131 g/mol. The van der Waals surface area contributed by atoms with Crippen molar-refractivity contribution in [2.75, 3.05) is 0 Å². The number of halogens is 1. The summed E-state index contributed by atoms with van der Waals surface area (Å²) in [5.74, 6) is 0. The summed E-state index contributed by atoms with van der Waals surface area (Å²) in [4.78, 5) is 0. The van der Waals surface area contributed by atoms with Crippen LogP contribution in [0.15, 0.2) is 0 Å². The lowest BCUT2D eigenvalue weighted by Gasteiger charge is -2.45.